The monoisotopic (exact) mass is 343 g/mol. The van der Waals surface area contributed by atoms with E-state index in [9.17, 15) is 14.7 Å². The van der Waals surface area contributed by atoms with Crippen LogP contribution in [0, 0.1) is 11.8 Å². The zero-order valence-electron chi connectivity index (χ0n) is 15.4. The molecule has 1 saturated heterocycles. The van der Waals surface area contributed by atoms with Crippen LogP contribution in [0.1, 0.15) is 52.0 Å². The second-order valence-electron chi connectivity index (χ2n) is 7.22. The fraction of sp³-hybridized carbons (Fsp3) is 0.524. The van der Waals surface area contributed by atoms with E-state index in [1.165, 1.54) is 0 Å². The Morgan fingerprint density at radius 3 is 2.52 bits per heavy atom. The number of Topliss-reactive ketones (excluding diaryl/α,β-unsaturated/α-hetero) is 1. The Labute approximate surface area is 150 Å². The fourth-order valence-electron chi connectivity index (χ4n) is 3.45. The Balaban J connectivity index is 2.07. The summed E-state index contributed by atoms with van der Waals surface area (Å²) < 4.78 is 0. The molecule has 0 radical (unpaired) electrons. The molecule has 4 heteroatoms. The standard InChI is InChI=1S/C21H29NO3/c1-4-5-9-14(2)12-15(3)19(23)18-20(24)17(22-21(18)25)13-16-10-7-6-8-11-16/h6-8,10-11,14-15,17,23H,4-5,9,12-13H2,1-3H3,(H,22,25). The fourth-order valence-corrected chi connectivity index (χ4v) is 3.45. The van der Waals surface area contributed by atoms with Crippen LogP contribution in [0.4, 0.5) is 0 Å². The molecule has 1 aliphatic heterocycles. The summed E-state index contributed by atoms with van der Waals surface area (Å²) in [5, 5.41) is 13.2. The molecule has 0 saturated carbocycles. The Hall–Kier alpha value is -2.10. The minimum absolute atomic E-state index is 0.0453. The molecule has 2 rings (SSSR count). The van der Waals surface area contributed by atoms with E-state index in [0.717, 1.165) is 31.2 Å². The number of ketones is 1. The number of carbonyl (C=O) groups excluding carboxylic acids is 2. The van der Waals surface area contributed by atoms with Crippen LogP contribution in [0.5, 0.6) is 0 Å². The van der Waals surface area contributed by atoms with E-state index in [1.54, 1.807) is 0 Å². The van der Waals surface area contributed by atoms with Crippen molar-refractivity contribution in [3.63, 3.8) is 0 Å². The van der Waals surface area contributed by atoms with Gasteiger partial charge >= 0.3 is 0 Å². The summed E-state index contributed by atoms with van der Waals surface area (Å²) in [4.78, 5) is 24.9. The van der Waals surface area contributed by atoms with Gasteiger partial charge in [0.1, 0.15) is 11.3 Å². The number of aliphatic hydroxyl groups excluding tert-OH is 1. The average molecular weight is 343 g/mol. The maximum absolute atomic E-state index is 12.6. The van der Waals surface area contributed by atoms with Crippen LogP contribution in [0.3, 0.4) is 0 Å². The van der Waals surface area contributed by atoms with E-state index in [4.69, 9.17) is 0 Å². The average Bonchev–Trinajstić information content (AvgIpc) is 2.87. The number of hydrogen-bond donors (Lipinski definition) is 2. The van der Waals surface area contributed by atoms with Crippen molar-refractivity contribution in [2.45, 2.75) is 58.9 Å². The van der Waals surface area contributed by atoms with Crippen LogP contribution in [0.15, 0.2) is 41.7 Å². The minimum atomic E-state index is -0.586. The van der Waals surface area contributed by atoms with E-state index in [0.29, 0.717) is 12.3 Å². The van der Waals surface area contributed by atoms with Crippen molar-refractivity contribution in [3.05, 3.63) is 47.2 Å². The molecule has 3 atom stereocenters. The Morgan fingerprint density at radius 2 is 1.88 bits per heavy atom. The first kappa shape index (κ1) is 19.2. The van der Waals surface area contributed by atoms with Gasteiger partial charge in [-0.1, -0.05) is 70.4 Å². The summed E-state index contributed by atoms with van der Waals surface area (Å²) in [5.41, 5.74) is 0.944. The van der Waals surface area contributed by atoms with E-state index in [2.05, 4.69) is 19.2 Å². The van der Waals surface area contributed by atoms with Crippen LogP contribution in [0.25, 0.3) is 0 Å². The molecule has 1 aliphatic rings. The summed E-state index contributed by atoms with van der Waals surface area (Å²) in [7, 11) is 0. The molecular weight excluding hydrogens is 314 g/mol. The normalized spacial score (nSPS) is 21.8. The van der Waals surface area contributed by atoms with Gasteiger partial charge in [0.05, 0.1) is 6.04 Å². The number of unbranched alkanes of at least 4 members (excludes halogenated alkanes) is 1. The van der Waals surface area contributed by atoms with Crippen molar-refractivity contribution >= 4 is 11.7 Å². The molecule has 0 aromatic heterocycles. The van der Waals surface area contributed by atoms with E-state index in [1.807, 2.05) is 37.3 Å². The molecule has 1 fully saturated rings. The zero-order chi connectivity index (χ0) is 18.4. The van der Waals surface area contributed by atoms with Crippen molar-refractivity contribution in [3.8, 4) is 0 Å². The van der Waals surface area contributed by atoms with Gasteiger partial charge in [-0.15, -0.1) is 0 Å². The number of rotatable bonds is 8. The first-order valence-corrected chi connectivity index (χ1v) is 9.26. The molecule has 3 unspecified atom stereocenters. The summed E-state index contributed by atoms with van der Waals surface area (Å²) in [6, 6.07) is 9.00. The Morgan fingerprint density at radius 1 is 1.20 bits per heavy atom. The van der Waals surface area contributed by atoms with Crippen LogP contribution in [0.2, 0.25) is 0 Å². The molecule has 0 spiro atoms. The second kappa shape index (κ2) is 8.84. The van der Waals surface area contributed by atoms with Gasteiger partial charge in [-0.2, -0.15) is 0 Å². The highest BCUT2D eigenvalue weighted by atomic mass is 16.3. The summed E-state index contributed by atoms with van der Waals surface area (Å²) in [6.45, 7) is 6.19. The molecule has 1 aromatic rings. The van der Waals surface area contributed by atoms with Gasteiger partial charge in [0, 0.05) is 12.3 Å². The Kier molecular flexibility index (Phi) is 6.80. The van der Waals surface area contributed by atoms with Crippen LogP contribution in [-0.4, -0.2) is 22.8 Å². The molecule has 1 aromatic carbocycles. The predicted molar refractivity (Wildman–Crippen MR) is 99.2 cm³/mol. The highest BCUT2D eigenvalue weighted by molar-refractivity contribution is 6.26. The first-order valence-electron chi connectivity index (χ1n) is 9.26. The van der Waals surface area contributed by atoms with Crippen molar-refractivity contribution in [2.75, 3.05) is 0 Å². The number of hydrogen-bond acceptors (Lipinski definition) is 3. The zero-order valence-corrected chi connectivity index (χ0v) is 15.4. The van der Waals surface area contributed by atoms with Crippen molar-refractivity contribution in [1.29, 1.82) is 0 Å². The van der Waals surface area contributed by atoms with Crippen LogP contribution in [-0.2, 0) is 16.0 Å². The highest BCUT2D eigenvalue weighted by Gasteiger charge is 2.39. The minimum Gasteiger partial charge on any atom is -0.511 e. The lowest BCUT2D eigenvalue weighted by molar-refractivity contribution is -0.117. The second-order valence-corrected chi connectivity index (χ2v) is 7.22. The molecule has 2 N–H and O–H groups in total. The quantitative estimate of drug-likeness (QED) is 0.426. The Bertz CT molecular complexity index is 636. The largest absolute Gasteiger partial charge is 0.511 e. The highest BCUT2D eigenvalue weighted by Crippen LogP contribution is 2.27. The van der Waals surface area contributed by atoms with Gasteiger partial charge < -0.3 is 10.4 Å². The van der Waals surface area contributed by atoms with Crippen LogP contribution >= 0.6 is 0 Å². The van der Waals surface area contributed by atoms with E-state index >= 15 is 0 Å². The van der Waals surface area contributed by atoms with Crippen molar-refractivity contribution in [2.24, 2.45) is 11.8 Å². The maximum Gasteiger partial charge on any atom is 0.259 e. The molecule has 136 valence electrons. The number of amides is 1. The lowest BCUT2D eigenvalue weighted by Crippen LogP contribution is -2.31. The molecule has 0 aliphatic carbocycles. The number of carbonyl (C=O) groups is 2. The lowest BCUT2D eigenvalue weighted by atomic mass is 9.89. The van der Waals surface area contributed by atoms with Gasteiger partial charge in [0.2, 0.25) is 0 Å². The number of nitrogens with one attached hydrogen (secondary N) is 1. The third-order valence-electron chi connectivity index (χ3n) is 4.91. The summed E-state index contributed by atoms with van der Waals surface area (Å²) in [6.07, 6.45) is 4.63. The number of benzene rings is 1. The third-order valence-corrected chi connectivity index (χ3v) is 4.91. The SMILES string of the molecule is CCCCC(C)CC(C)C(O)=C1C(=O)NC(Cc2ccccc2)C1=O. The molecule has 4 nitrogen and oxygen atoms in total. The van der Waals surface area contributed by atoms with Crippen LogP contribution < -0.4 is 5.32 Å². The smallest absolute Gasteiger partial charge is 0.259 e. The van der Waals surface area contributed by atoms with Crippen molar-refractivity contribution in [1.82, 2.24) is 5.32 Å². The summed E-state index contributed by atoms with van der Waals surface area (Å²) >= 11 is 0. The molecule has 1 amide bonds. The molecule has 0 bridgehead atoms. The van der Waals surface area contributed by atoms with Gasteiger partial charge in [0.25, 0.3) is 5.91 Å². The van der Waals surface area contributed by atoms with E-state index < -0.39 is 11.9 Å². The topological polar surface area (TPSA) is 66.4 Å². The van der Waals surface area contributed by atoms with Crippen molar-refractivity contribution < 1.29 is 14.7 Å². The lowest BCUT2D eigenvalue weighted by Gasteiger charge is -2.17. The van der Waals surface area contributed by atoms with E-state index in [-0.39, 0.29) is 23.0 Å². The predicted octanol–water partition coefficient (Wildman–Crippen LogP) is 3.96. The third kappa shape index (κ3) is 4.94. The number of aliphatic hydroxyl groups is 1. The maximum atomic E-state index is 12.6. The molecule has 25 heavy (non-hydrogen) atoms. The van der Waals surface area contributed by atoms with Gasteiger partial charge in [-0.3, -0.25) is 9.59 Å². The van der Waals surface area contributed by atoms with Gasteiger partial charge in [-0.05, 0) is 17.9 Å². The molecular formula is C21H29NO3. The summed E-state index contributed by atoms with van der Waals surface area (Å²) in [5.74, 6) is -0.526. The van der Waals surface area contributed by atoms with Gasteiger partial charge in [-0.25, -0.2) is 0 Å². The van der Waals surface area contributed by atoms with Gasteiger partial charge in [0.15, 0.2) is 5.78 Å². The molecule has 1 heterocycles. The number of allylic oxidation sites excluding steroid dienone is 1. The first-order chi connectivity index (χ1) is 11.9.